The summed E-state index contributed by atoms with van der Waals surface area (Å²) in [5, 5.41) is 4.44. The van der Waals surface area contributed by atoms with Gasteiger partial charge in [-0.1, -0.05) is 6.42 Å². The zero-order chi connectivity index (χ0) is 8.55. The van der Waals surface area contributed by atoms with Gasteiger partial charge in [0.2, 0.25) is 0 Å². The predicted molar refractivity (Wildman–Crippen MR) is 47.7 cm³/mol. The minimum Gasteiger partial charge on any atom is -0.325 e. The van der Waals surface area contributed by atoms with E-state index in [0.717, 1.165) is 11.6 Å². The first-order valence-corrected chi connectivity index (χ1v) is 4.54. The second kappa shape index (κ2) is 2.90. The molecule has 3 nitrogen and oxygen atoms in total. The summed E-state index contributed by atoms with van der Waals surface area (Å²) in [7, 11) is 1.96. The first-order chi connectivity index (χ1) is 5.81. The van der Waals surface area contributed by atoms with Crippen LogP contribution in [0.2, 0.25) is 0 Å². The summed E-state index contributed by atoms with van der Waals surface area (Å²) >= 11 is 0. The van der Waals surface area contributed by atoms with Crippen molar-refractivity contribution in [2.45, 2.75) is 31.7 Å². The summed E-state index contributed by atoms with van der Waals surface area (Å²) in [6.45, 7) is 0.593. The van der Waals surface area contributed by atoms with E-state index in [1.165, 1.54) is 25.0 Å². The molecule has 1 aromatic heterocycles. The van der Waals surface area contributed by atoms with Crippen LogP contribution in [-0.4, -0.2) is 9.78 Å². The molecule has 2 N–H and O–H groups in total. The fraction of sp³-hybridized carbons (Fsp3) is 0.667. The summed E-state index contributed by atoms with van der Waals surface area (Å²) in [5.74, 6) is 0.719. The molecule has 1 saturated carbocycles. The molecule has 12 heavy (non-hydrogen) atoms. The standard InChI is InChI=1S/C9H15N3/c1-12-8(6-10)5-9(11-12)7-3-2-4-7/h5,7H,2-4,6,10H2,1H3. The minimum atomic E-state index is 0.593. The summed E-state index contributed by atoms with van der Waals surface area (Å²) in [5.41, 5.74) is 7.94. The highest BCUT2D eigenvalue weighted by molar-refractivity contribution is 5.16. The summed E-state index contributed by atoms with van der Waals surface area (Å²) < 4.78 is 1.90. The van der Waals surface area contributed by atoms with E-state index >= 15 is 0 Å². The lowest BCUT2D eigenvalue weighted by molar-refractivity contribution is 0.407. The van der Waals surface area contributed by atoms with Gasteiger partial charge in [-0.15, -0.1) is 0 Å². The Balaban J connectivity index is 2.21. The first-order valence-electron chi connectivity index (χ1n) is 4.54. The second-order valence-electron chi connectivity index (χ2n) is 3.52. The quantitative estimate of drug-likeness (QED) is 0.714. The van der Waals surface area contributed by atoms with Gasteiger partial charge in [-0.3, -0.25) is 4.68 Å². The second-order valence-corrected chi connectivity index (χ2v) is 3.52. The van der Waals surface area contributed by atoms with Crippen LogP contribution in [0.5, 0.6) is 0 Å². The van der Waals surface area contributed by atoms with Gasteiger partial charge in [-0.2, -0.15) is 5.10 Å². The number of aromatic nitrogens is 2. The van der Waals surface area contributed by atoms with Crippen LogP contribution in [0.25, 0.3) is 0 Å². The third-order valence-electron chi connectivity index (χ3n) is 2.73. The Morgan fingerprint density at radius 2 is 2.42 bits per heavy atom. The van der Waals surface area contributed by atoms with Gasteiger partial charge in [0.25, 0.3) is 0 Å². The highest BCUT2D eigenvalue weighted by atomic mass is 15.3. The Labute approximate surface area is 72.6 Å². The third-order valence-corrected chi connectivity index (χ3v) is 2.73. The van der Waals surface area contributed by atoms with E-state index in [1.54, 1.807) is 0 Å². The van der Waals surface area contributed by atoms with Gasteiger partial charge in [0, 0.05) is 19.5 Å². The molecule has 2 rings (SSSR count). The van der Waals surface area contributed by atoms with E-state index < -0.39 is 0 Å². The summed E-state index contributed by atoms with van der Waals surface area (Å²) in [4.78, 5) is 0. The molecular weight excluding hydrogens is 150 g/mol. The van der Waals surface area contributed by atoms with Crippen molar-refractivity contribution in [2.24, 2.45) is 12.8 Å². The van der Waals surface area contributed by atoms with Crippen LogP contribution in [0, 0.1) is 0 Å². The molecule has 0 radical (unpaired) electrons. The van der Waals surface area contributed by atoms with Crippen molar-refractivity contribution in [1.29, 1.82) is 0 Å². The van der Waals surface area contributed by atoms with Gasteiger partial charge in [0.1, 0.15) is 0 Å². The fourth-order valence-electron chi connectivity index (χ4n) is 1.62. The Morgan fingerprint density at radius 1 is 1.67 bits per heavy atom. The molecule has 0 bridgehead atoms. The first kappa shape index (κ1) is 7.80. The van der Waals surface area contributed by atoms with E-state index in [1.807, 2.05) is 11.7 Å². The van der Waals surface area contributed by atoms with Crippen LogP contribution in [0.1, 0.15) is 36.6 Å². The lowest BCUT2D eigenvalue weighted by Crippen LogP contribution is -2.09. The van der Waals surface area contributed by atoms with Crippen molar-refractivity contribution < 1.29 is 0 Å². The van der Waals surface area contributed by atoms with Crippen LogP contribution in [-0.2, 0) is 13.6 Å². The Kier molecular flexibility index (Phi) is 1.89. The Bertz CT molecular complexity index is 273. The maximum absolute atomic E-state index is 5.56. The SMILES string of the molecule is Cn1nc(C2CCC2)cc1CN. The zero-order valence-corrected chi connectivity index (χ0v) is 7.45. The number of hydrogen-bond donors (Lipinski definition) is 1. The Hall–Kier alpha value is -0.830. The molecule has 0 unspecified atom stereocenters. The van der Waals surface area contributed by atoms with E-state index in [9.17, 15) is 0 Å². The number of hydrogen-bond acceptors (Lipinski definition) is 2. The van der Waals surface area contributed by atoms with E-state index in [4.69, 9.17) is 5.73 Å². The summed E-state index contributed by atoms with van der Waals surface area (Å²) in [6.07, 6.45) is 3.97. The number of rotatable bonds is 2. The largest absolute Gasteiger partial charge is 0.325 e. The Morgan fingerprint density at radius 3 is 2.83 bits per heavy atom. The maximum atomic E-state index is 5.56. The van der Waals surface area contributed by atoms with Crippen LogP contribution in [0.3, 0.4) is 0 Å². The molecule has 0 spiro atoms. The highest BCUT2D eigenvalue weighted by Crippen LogP contribution is 2.35. The molecule has 1 heterocycles. The molecule has 0 aliphatic heterocycles. The van der Waals surface area contributed by atoms with Gasteiger partial charge in [0.05, 0.1) is 11.4 Å². The predicted octanol–water partition coefficient (Wildman–Crippen LogP) is 1.15. The average molecular weight is 165 g/mol. The molecule has 66 valence electrons. The van der Waals surface area contributed by atoms with Crippen molar-refractivity contribution in [3.05, 3.63) is 17.5 Å². The number of nitrogens with zero attached hydrogens (tertiary/aromatic N) is 2. The number of nitrogens with two attached hydrogens (primary N) is 1. The third kappa shape index (κ3) is 1.14. The van der Waals surface area contributed by atoms with Crippen molar-refractivity contribution >= 4 is 0 Å². The minimum absolute atomic E-state index is 0.593. The van der Waals surface area contributed by atoms with Crippen molar-refractivity contribution in [2.75, 3.05) is 0 Å². The molecule has 1 aromatic rings. The maximum Gasteiger partial charge on any atom is 0.0658 e. The fourth-order valence-corrected chi connectivity index (χ4v) is 1.62. The van der Waals surface area contributed by atoms with E-state index in [0.29, 0.717) is 6.54 Å². The van der Waals surface area contributed by atoms with Gasteiger partial charge < -0.3 is 5.73 Å². The van der Waals surface area contributed by atoms with Gasteiger partial charge in [0.15, 0.2) is 0 Å². The van der Waals surface area contributed by atoms with Gasteiger partial charge in [-0.05, 0) is 18.9 Å². The molecule has 0 amide bonds. The van der Waals surface area contributed by atoms with E-state index in [2.05, 4.69) is 11.2 Å². The molecular formula is C9H15N3. The van der Waals surface area contributed by atoms with Crippen LogP contribution in [0.4, 0.5) is 0 Å². The lowest BCUT2D eigenvalue weighted by atomic mass is 9.83. The lowest BCUT2D eigenvalue weighted by Gasteiger charge is -2.22. The van der Waals surface area contributed by atoms with Crippen LogP contribution < -0.4 is 5.73 Å². The van der Waals surface area contributed by atoms with Crippen molar-refractivity contribution in [3.63, 3.8) is 0 Å². The molecule has 1 fully saturated rings. The zero-order valence-electron chi connectivity index (χ0n) is 7.45. The molecule has 3 heteroatoms. The van der Waals surface area contributed by atoms with Crippen molar-refractivity contribution in [3.8, 4) is 0 Å². The molecule has 0 atom stereocenters. The molecule has 0 saturated heterocycles. The van der Waals surface area contributed by atoms with Gasteiger partial charge >= 0.3 is 0 Å². The molecule has 1 aliphatic carbocycles. The molecule has 1 aliphatic rings. The van der Waals surface area contributed by atoms with Crippen LogP contribution in [0.15, 0.2) is 6.07 Å². The smallest absolute Gasteiger partial charge is 0.0658 e. The molecule has 0 aromatic carbocycles. The van der Waals surface area contributed by atoms with E-state index in [-0.39, 0.29) is 0 Å². The monoisotopic (exact) mass is 165 g/mol. The van der Waals surface area contributed by atoms with Crippen LogP contribution >= 0.6 is 0 Å². The summed E-state index contributed by atoms with van der Waals surface area (Å²) in [6, 6.07) is 2.14. The topological polar surface area (TPSA) is 43.8 Å². The van der Waals surface area contributed by atoms with Crippen molar-refractivity contribution in [1.82, 2.24) is 9.78 Å². The van der Waals surface area contributed by atoms with Gasteiger partial charge in [-0.25, -0.2) is 0 Å². The normalized spacial score (nSPS) is 17.8. The highest BCUT2D eigenvalue weighted by Gasteiger charge is 2.22. The number of aryl methyl sites for hydroxylation is 1. The average Bonchev–Trinajstić information content (AvgIpc) is 2.27.